The predicted molar refractivity (Wildman–Crippen MR) is 71.0 cm³/mol. The molecule has 0 saturated carbocycles. The lowest BCUT2D eigenvalue weighted by Crippen LogP contribution is -2.41. The van der Waals surface area contributed by atoms with Gasteiger partial charge >= 0.3 is 0 Å². The Kier molecular flexibility index (Phi) is 4.70. The second-order valence-corrected chi connectivity index (χ2v) is 5.34. The number of rotatable bonds is 3. The molecule has 0 radical (unpaired) electrons. The molecule has 1 N–H and O–H groups in total. The molecule has 20 heavy (non-hydrogen) atoms. The van der Waals surface area contributed by atoms with Crippen molar-refractivity contribution in [2.75, 3.05) is 13.1 Å². The first-order chi connectivity index (χ1) is 9.49. The Morgan fingerprint density at radius 2 is 1.90 bits per heavy atom. The van der Waals surface area contributed by atoms with Crippen molar-refractivity contribution in [1.29, 1.82) is 0 Å². The quantitative estimate of drug-likeness (QED) is 0.923. The average Bonchev–Trinajstić information content (AvgIpc) is 2.43. The van der Waals surface area contributed by atoms with Crippen LogP contribution in [0.5, 0.6) is 0 Å². The zero-order chi connectivity index (χ0) is 14.7. The van der Waals surface area contributed by atoms with Crippen LogP contribution < -0.4 is 0 Å². The molecule has 0 aromatic heterocycles. The summed E-state index contributed by atoms with van der Waals surface area (Å²) in [7, 11) is 0. The smallest absolute Gasteiger partial charge is 0.227 e. The summed E-state index contributed by atoms with van der Waals surface area (Å²) in [6, 6.07) is 3.60. The Hall–Kier alpha value is -1.49. The molecular formula is C15H19F2NO2. The maximum absolute atomic E-state index is 13.5. The molecule has 5 heteroatoms. The Morgan fingerprint density at radius 1 is 1.35 bits per heavy atom. The van der Waals surface area contributed by atoms with Gasteiger partial charge in [-0.3, -0.25) is 4.79 Å². The summed E-state index contributed by atoms with van der Waals surface area (Å²) < 4.78 is 27.0. The SMILES string of the molecule is CC(O)C1CCN(C(=O)Cc2c(F)cccc2F)CC1. The number of hydrogen-bond donors (Lipinski definition) is 1. The van der Waals surface area contributed by atoms with Crippen LogP contribution in [0.4, 0.5) is 8.78 Å². The molecule has 1 amide bonds. The van der Waals surface area contributed by atoms with Crippen LogP contribution in [0.3, 0.4) is 0 Å². The summed E-state index contributed by atoms with van der Waals surface area (Å²) in [4.78, 5) is 13.7. The van der Waals surface area contributed by atoms with Gasteiger partial charge < -0.3 is 10.0 Å². The molecule has 1 atom stereocenters. The summed E-state index contributed by atoms with van der Waals surface area (Å²) in [5, 5.41) is 9.51. The van der Waals surface area contributed by atoms with E-state index in [0.29, 0.717) is 13.1 Å². The molecular weight excluding hydrogens is 264 g/mol. The lowest BCUT2D eigenvalue weighted by atomic mass is 9.92. The van der Waals surface area contributed by atoms with Crippen molar-refractivity contribution < 1.29 is 18.7 Å². The van der Waals surface area contributed by atoms with E-state index >= 15 is 0 Å². The number of amides is 1. The van der Waals surface area contributed by atoms with Crippen molar-refractivity contribution in [3.05, 3.63) is 35.4 Å². The fraction of sp³-hybridized carbons (Fsp3) is 0.533. The normalized spacial score (nSPS) is 18.1. The van der Waals surface area contributed by atoms with Gasteiger partial charge in [0.1, 0.15) is 11.6 Å². The lowest BCUT2D eigenvalue weighted by molar-refractivity contribution is -0.132. The van der Waals surface area contributed by atoms with E-state index in [9.17, 15) is 18.7 Å². The number of carbonyl (C=O) groups excluding carboxylic acids is 1. The van der Waals surface area contributed by atoms with Crippen molar-refractivity contribution >= 4 is 5.91 Å². The number of nitrogens with zero attached hydrogens (tertiary/aromatic N) is 1. The van der Waals surface area contributed by atoms with Gasteiger partial charge in [-0.05, 0) is 37.8 Å². The molecule has 3 nitrogen and oxygen atoms in total. The summed E-state index contributed by atoms with van der Waals surface area (Å²) in [6.07, 6.45) is 0.820. The Bertz CT molecular complexity index is 463. The van der Waals surface area contributed by atoms with Gasteiger partial charge in [-0.15, -0.1) is 0 Å². The highest BCUT2D eigenvalue weighted by Gasteiger charge is 2.26. The number of hydrogen-bond acceptors (Lipinski definition) is 2. The average molecular weight is 283 g/mol. The highest BCUT2D eigenvalue weighted by atomic mass is 19.1. The van der Waals surface area contributed by atoms with E-state index in [1.165, 1.54) is 6.07 Å². The first-order valence-electron chi connectivity index (χ1n) is 6.87. The summed E-state index contributed by atoms with van der Waals surface area (Å²) in [5.41, 5.74) is -0.171. The van der Waals surface area contributed by atoms with Crippen LogP contribution >= 0.6 is 0 Å². The second-order valence-electron chi connectivity index (χ2n) is 5.34. The van der Waals surface area contributed by atoms with Crippen LogP contribution in [0, 0.1) is 17.6 Å². The predicted octanol–water partition coefficient (Wildman–Crippen LogP) is 2.13. The number of carbonyl (C=O) groups is 1. The van der Waals surface area contributed by atoms with Crippen LogP contribution in [0.25, 0.3) is 0 Å². The number of aliphatic hydroxyl groups is 1. The molecule has 0 aliphatic carbocycles. The first-order valence-corrected chi connectivity index (χ1v) is 6.87. The Balaban J connectivity index is 1.96. The van der Waals surface area contributed by atoms with Crippen molar-refractivity contribution in [3.63, 3.8) is 0 Å². The van der Waals surface area contributed by atoms with Gasteiger partial charge in [-0.1, -0.05) is 6.07 Å². The number of likely N-dealkylation sites (tertiary alicyclic amines) is 1. The third kappa shape index (κ3) is 3.33. The fourth-order valence-corrected chi connectivity index (χ4v) is 2.60. The van der Waals surface area contributed by atoms with Crippen molar-refractivity contribution in [3.8, 4) is 0 Å². The van der Waals surface area contributed by atoms with Crippen LogP contribution in [0.15, 0.2) is 18.2 Å². The number of aliphatic hydroxyl groups excluding tert-OH is 1. The molecule has 1 aliphatic rings. The molecule has 0 spiro atoms. The number of halogens is 2. The van der Waals surface area contributed by atoms with E-state index in [1.54, 1.807) is 11.8 Å². The van der Waals surface area contributed by atoms with E-state index in [0.717, 1.165) is 25.0 Å². The molecule has 1 fully saturated rings. The van der Waals surface area contributed by atoms with Gasteiger partial charge in [-0.25, -0.2) is 8.78 Å². The van der Waals surface area contributed by atoms with Crippen LogP contribution in [-0.2, 0) is 11.2 Å². The first kappa shape index (κ1) is 14.9. The maximum atomic E-state index is 13.5. The van der Waals surface area contributed by atoms with Crippen molar-refractivity contribution in [1.82, 2.24) is 4.90 Å². The summed E-state index contributed by atoms with van der Waals surface area (Å²) in [6.45, 7) is 2.81. The Morgan fingerprint density at radius 3 is 2.40 bits per heavy atom. The maximum Gasteiger partial charge on any atom is 0.227 e. The molecule has 2 rings (SSSR count). The van der Waals surface area contributed by atoms with Gasteiger partial charge in [0.25, 0.3) is 0 Å². The molecule has 0 bridgehead atoms. The zero-order valence-corrected chi connectivity index (χ0v) is 11.5. The molecule has 1 aliphatic heterocycles. The molecule has 110 valence electrons. The van der Waals surface area contributed by atoms with Crippen molar-refractivity contribution in [2.45, 2.75) is 32.3 Å². The molecule has 1 aromatic carbocycles. The molecule has 1 aromatic rings. The number of piperidine rings is 1. The van der Waals surface area contributed by atoms with E-state index in [4.69, 9.17) is 0 Å². The minimum atomic E-state index is -0.683. The second kappa shape index (κ2) is 6.31. The third-order valence-corrected chi connectivity index (χ3v) is 3.96. The standard InChI is InChI=1S/C15H19F2NO2/c1-10(19)11-5-7-18(8-6-11)15(20)9-12-13(16)3-2-4-14(12)17/h2-4,10-11,19H,5-9H2,1H3. The largest absolute Gasteiger partial charge is 0.393 e. The monoisotopic (exact) mass is 283 g/mol. The van der Waals surface area contributed by atoms with Gasteiger partial charge in [0, 0.05) is 18.7 Å². The fourth-order valence-electron chi connectivity index (χ4n) is 2.60. The summed E-state index contributed by atoms with van der Waals surface area (Å²) >= 11 is 0. The number of benzene rings is 1. The van der Waals surface area contributed by atoms with E-state index in [2.05, 4.69) is 0 Å². The van der Waals surface area contributed by atoms with Crippen LogP contribution in [-0.4, -0.2) is 35.1 Å². The van der Waals surface area contributed by atoms with E-state index in [-0.39, 0.29) is 29.9 Å². The minimum Gasteiger partial charge on any atom is -0.393 e. The summed E-state index contributed by atoms with van der Waals surface area (Å²) in [5.74, 6) is -1.43. The molecule has 1 heterocycles. The van der Waals surface area contributed by atoms with E-state index < -0.39 is 11.6 Å². The molecule has 1 unspecified atom stereocenters. The third-order valence-electron chi connectivity index (χ3n) is 3.96. The highest BCUT2D eigenvalue weighted by Crippen LogP contribution is 2.22. The Labute approximate surface area is 117 Å². The van der Waals surface area contributed by atoms with Gasteiger partial charge in [0.2, 0.25) is 5.91 Å². The van der Waals surface area contributed by atoms with Crippen molar-refractivity contribution in [2.24, 2.45) is 5.92 Å². The topological polar surface area (TPSA) is 40.5 Å². The minimum absolute atomic E-state index is 0.171. The lowest BCUT2D eigenvalue weighted by Gasteiger charge is -2.33. The van der Waals surface area contributed by atoms with E-state index in [1.807, 2.05) is 0 Å². The van der Waals surface area contributed by atoms with Gasteiger partial charge in [0.05, 0.1) is 12.5 Å². The van der Waals surface area contributed by atoms with Crippen LogP contribution in [0.1, 0.15) is 25.3 Å². The van der Waals surface area contributed by atoms with Gasteiger partial charge in [-0.2, -0.15) is 0 Å². The molecule has 1 saturated heterocycles. The highest BCUT2D eigenvalue weighted by molar-refractivity contribution is 5.79. The van der Waals surface area contributed by atoms with Crippen LogP contribution in [0.2, 0.25) is 0 Å². The zero-order valence-electron chi connectivity index (χ0n) is 11.5. The van der Waals surface area contributed by atoms with Gasteiger partial charge in [0.15, 0.2) is 0 Å².